The van der Waals surface area contributed by atoms with Crippen molar-refractivity contribution in [2.24, 2.45) is 0 Å². The second-order valence-corrected chi connectivity index (χ2v) is 7.35. The van der Waals surface area contributed by atoms with E-state index in [1.807, 2.05) is 0 Å². The predicted octanol–water partition coefficient (Wildman–Crippen LogP) is 5.34. The zero-order valence-corrected chi connectivity index (χ0v) is 15.7. The summed E-state index contributed by atoms with van der Waals surface area (Å²) < 4.78 is 2.45. The maximum atomic E-state index is 2.45. The highest BCUT2D eigenvalue weighted by Crippen LogP contribution is 2.30. The number of fused-ring (bicyclic) bond motifs is 3. The molecule has 0 saturated carbocycles. The Morgan fingerprint density at radius 2 is 1.46 bits per heavy atom. The number of rotatable bonds is 6. The minimum absolute atomic E-state index is 0.908. The molecular formula is C24H26N2. The maximum absolute atomic E-state index is 2.45. The topological polar surface area (TPSA) is 8.17 Å². The van der Waals surface area contributed by atoms with Crippen molar-refractivity contribution >= 4 is 21.8 Å². The SMILES string of the molecule is CN(C)CCCc1ccc2c(c1)c1ccccc1n2Cc1ccccc1. The van der Waals surface area contributed by atoms with Crippen molar-refractivity contribution in [1.29, 1.82) is 0 Å². The molecule has 0 aliphatic carbocycles. The first-order chi connectivity index (χ1) is 12.7. The molecule has 0 N–H and O–H groups in total. The summed E-state index contributed by atoms with van der Waals surface area (Å²) in [5.74, 6) is 0. The van der Waals surface area contributed by atoms with Crippen LogP contribution in [0.5, 0.6) is 0 Å². The van der Waals surface area contributed by atoms with Gasteiger partial charge in [0.2, 0.25) is 0 Å². The van der Waals surface area contributed by atoms with E-state index >= 15 is 0 Å². The van der Waals surface area contributed by atoms with Crippen LogP contribution in [0, 0.1) is 0 Å². The molecule has 0 aliphatic heterocycles. The Balaban J connectivity index is 1.76. The van der Waals surface area contributed by atoms with Crippen LogP contribution in [0.4, 0.5) is 0 Å². The molecule has 0 saturated heterocycles. The van der Waals surface area contributed by atoms with Crippen LogP contribution in [-0.4, -0.2) is 30.1 Å². The molecule has 26 heavy (non-hydrogen) atoms. The van der Waals surface area contributed by atoms with E-state index in [0.717, 1.165) is 19.5 Å². The lowest BCUT2D eigenvalue weighted by Crippen LogP contribution is -2.13. The third-order valence-electron chi connectivity index (χ3n) is 5.09. The highest BCUT2D eigenvalue weighted by atomic mass is 15.0. The van der Waals surface area contributed by atoms with Crippen LogP contribution >= 0.6 is 0 Å². The van der Waals surface area contributed by atoms with Crippen molar-refractivity contribution in [2.45, 2.75) is 19.4 Å². The van der Waals surface area contributed by atoms with Gasteiger partial charge in [-0.25, -0.2) is 0 Å². The molecule has 4 aromatic rings. The van der Waals surface area contributed by atoms with Gasteiger partial charge in [0.05, 0.1) is 0 Å². The fourth-order valence-electron chi connectivity index (χ4n) is 3.79. The first-order valence-corrected chi connectivity index (χ1v) is 9.41. The van der Waals surface area contributed by atoms with Crippen molar-refractivity contribution in [2.75, 3.05) is 20.6 Å². The number of hydrogen-bond donors (Lipinski definition) is 0. The molecule has 1 aromatic heterocycles. The lowest BCUT2D eigenvalue weighted by atomic mass is 10.1. The van der Waals surface area contributed by atoms with Crippen LogP contribution in [-0.2, 0) is 13.0 Å². The second kappa shape index (κ2) is 7.35. The highest BCUT2D eigenvalue weighted by Gasteiger charge is 2.11. The van der Waals surface area contributed by atoms with E-state index in [0.29, 0.717) is 0 Å². The Morgan fingerprint density at radius 1 is 0.731 bits per heavy atom. The Bertz CT molecular complexity index is 1010. The van der Waals surface area contributed by atoms with Crippen molar-refractivity contribution in [3.05, 3.63) is 83.9 Å². The Kier molecular flexibility index (Phi) is 4.77. The first kappa shape index (κ1) is 16.9. The van der Waals surface area contributed by atoms with Gasteiger partial charge in [-0.05, 0) is 62.8 Å². The average Bonchev–Trinajstić information content (AvgIpc) is 2.96. The molecule has 3 aromatic carbocycles. The van der Waals surface area contributed by atoms with E-state index in [1.165, 1.54) is 39.4 Å². The summed E-state index contributed by atoms with van der Waals surface area (Å²) in [7, 11) is 4.28. The van der Waals surface area contributed by atoms with Gasteiger partial charge in [-0.1, -0.05) is 54.6 Å². The molecular weight excluding hydrogens is 316 g/mol. The number of nitrogens with zero attached hydrogens (tertiary/aromatic N) is 2. The number of aryl methyl sites for hydroxylation is 1. The molecule has 0 spiro atoms. The molecule has 1 heterocycles. The van der Waals surface area contributed by atoms with Crippen molar-refractivity contribution in [1.82, 2.24) is 9.47 Å². The van der Waals surface area contributed by atoms with Crippen molar-refractivity contribution in [3.63, 3.8) is 0 Å². The summed E-state index contributed by atoms with van der Waals surface area (Å²) in [6, 6.07) is 26.5. The quantitative estimate of drug-likeness (QED) is 0.459. The summed E-state index contributed by atoms with van der Waals surface area (Å²) in [5, 5.41) is 2.73. The van der Waals surface area contributed by atoms with Crippen LogP contribution in [0.15, 0.2) is 72.8 Å². The lowest BCUT2D eigenvalue weighted by molar-refractivity contribution is 0.400. The van der Waals surface area contributed by atoms with Gasteiger partial charge >= 0.3 is 0 Å². The fourth-order valence-corrected chi connectivity index (χ4v) is 3.79. The zero-order chi connectivity index (χ0) is 17.9. The van der Waals surface area contributed by atoms with Gasteiger partial charge in [0.1, 0.15) is 0 Å². The van der Waals surface area contributed by atoms with Crippen molar-refractivity contribution in [3.8, 4) is 0 Å². The van der Waals surface area contributed by atoms with Crippen LogP contribution in [0.2, 0.25) is 0 Å². The van der Waals surface area contributed by atoms with Gasteiger partial charge in [-0.3, -0.25) is 0 Å². The molecule has 2 heteroatoms. The predicted molar refractivity (Wildman–Crippen MR) is 112 cm³/mol. The van der Waals surface area contributed by atoms with E-state index in [9.17, 15) is 0 Å². The summed E-state index contributed by atoms with van der Waals surface area (Å²) >= 11 is 0. The van der Waals surface area contributed by atoms with E-state index < -0.39 is 0 Å². The zero-order valence-electron chi connectivity index (χ0n) is 15.7. The second-order valence-electron chi connectivity index (χ2n) is 7.35. The Morgan fingerprint density at radius 3 is 2.27 bits per heavy atom. The molecule has 0 fully saturated rings. The Labute approximate surface area is 155 Å². The van der Waals surface area contributed by atoms with Crippen LogP contribution in [0.25, 0.3) is 21.8 Å². The van der Waals surface area contributed by atoms with Gasteiger partial charge in [-0.15, -0.1) is 0 Å². The molecule has 0 radical (unpaired) electrons. The van der Waals surface area contributed by atoms with E-state index in [1.54, 1.807) is 0 Å². The van der Waals surface area contributed by atoms with E-state index in [2.05, 4.69) is 96.4 Å². The number of benzene rings is 3. The molecule has 4 rings (SSSR count). The van der Waals surface area contributed by atoms with Gasteiger partial charge in [0, 0.05) is 28.4 Å². The molecule has 132 valence electrons. The third-order valence-corrected chi connectivity index (χ3v) is 5.09. The standard InChI is InChI=1S/C24H26N2/c1-25(2)16-8-11-19-14-15-24-22(17-19)21-12-6-7-13-23(21)26(24)18-20-9-4-3-5-10-20/h3-7,9-10,12-15,17H,8,11,16,18H2,1-2H3. The molecule has 0 amide bonds. The van der Waals surface area contributed by atoms with Crippen LogP contribution in [0.3, 0.4) is 0 Å². The molecule has 2 nitrogen and oxygen atoms in total. The fraction of sp³-hybridized carbons (Fsp3) is 0.250. The highest BCUT2D eigenvalue weighted by molar-refractivity contribution is 6.08. The number of para-hydroxylation sites is 1. The Hall–Kier alpha value is -2.58. The average molecular weight is 342 g/mol. The maximum Gasteiger partial charge on any atom is 0.0494 e. The molecule has 0 aliphatic rings. The van der Waals surface area contributed by atoms with Crippen molar-refractivity contribution < 1.29 is 0 Å². The summed E-state index contributed by atoms with van der Waals surface area (Å²) in [4.78, 5) is 2.25. The molecule has 0 unspecified atom stereocenters. The minimum atomic E-state index is 0.908. The summed E-state index contributed by atoms with van der Waals surface area (Å²) in [5.41, 5.74) is 5.41. The van der Waals surface area contributed by atoms with E-state index in [-0.39, 0.29) is 0 Å². The first-order valence-electron chi connectivity index (χ1n) is 9.41. The minimum Gasteiger partial charge on any atom is -0.336 e. The lowest BCUT2D eigenvalue weighted by Gasteiger charge is -2.10. The summed E-state index contributed by atoms with van der Waals surface area (Å²) in [6.07, 6.45) is 2.33. The van der Waals surface area contributed by atoms with E-state index in [4.69, 9.17) is 0 Å². The van der Waals surface area contributed by atoms with Gasteiger partial charge in [0.15, 0.2) is 0 Å². The van der Waals surface area contributed by atoms with Gasteiger partial charge in [0.25, 0.3) is 0 Å². The van der Waals surface area contributed by atoms with Crippen LogP contribution in [0.1, 0.15) is 17.5 Å². The van der Waals surface area contributed by atoms with Crippen LogP contribution < -0.4 is 0 Å². The largest absolute Gasteiger partial charge is 0.336 e. The smallest absolute Gasteiger partial charge is 0.0494 e. The van der Waals surface area contributed by atoms with Gasteiger partial charge < -0.3 is 9.47 Å². The molecule has 0 bridgehead atoms. The van der Waals surface area contributed by atoms with Gasteiger partial charge in [-0.2, -0.15) is 0 Å². The summed E-state index contributed by atoms with van der Waals surface area (Å²) in [6.45, 7) is 2.04. The normalized spacial score (nSPS) is 11.7. The number of hydrogen-bond acceptors (Lipinski definition) is 1. The number of aromatic nitrogens is 1. The third kappa shape index (κ3) is 3.38. The monoisotopic (exact) mass is 342 g/mol. The molecule has 0 atom stereocenters.